The van der Waals surface area contributed by atoms with Gasteiger partial charge in [0.2, 0.25) is 0 Å². The summed E-state index contributed by atoms with van der Waals surface area (Å²) in [4.78, 5) is 0. The number of anilines is 1. The molecular formula is C18H24ClN3O2. The van der Waals surface area contributed by atoms with Crippen LogP contribution in [0, 0.1) is 0 Å². The molecule has 0 saturated heterocycles. The summed E-state index contributed by atoms with van der Waals surface area (Å²) in [5.41, 5.74) is 1.94. The number of benzene rings is 1. The van der Waals surface area contributed by atoms with E-state index in [1.807, 2.05) is 24.3 Å². The Hall–Kier alpha value is -2.01. The predicted molar refractivity (Wildman–Crippen MR) is 97.2 cm³/mol. The SMILES string of the molecule is CCC(C)(C)c1cc(NCc2ccc(OC)cc2OC)nnc1Cl. The van der Waals surface area contributed by atoms with Crippen molar-refractivity contribution in [3.63, 3.8) is 0 Å². The number of methoxy groups -OCH3 is 2. The van der Waals surface area contributed by atoms with E-state index in [1.165, 1.54) is 0 Å². The number of ether oxygens (including phenoxy) is 2. The first-order valence-electron chi connectivity index (χ1n) is 7.89. The van der Waals surface area contributed by atoms with E-state index >= 15 is 0 Å². The Labute approximate surface area is 148 Å². The van der Waals surface area contributed by atoms with Crippen molar-refractivity contribution in [3.05, 3.63) is 40.5 Å². The smallest absolute Gasteiger partial charge is 0.155 e. The minimum Gasteiger partial charge on any atom is -0.497 e. The highest BCUT2D eigenvalue weighted by molar-refractivity contribution is 6.30. The van der Waals surface area contributed by atoms with E-state index < -0.39 is 0 Å². The largest absolute Gasteiger partial charge is 0.497 e. The second-order valence-electron chi connectivity index (χ2n) is 6.20. The van der Waals surface area contributed by atoms with Crippen molar-refractivity contribution < 1.29 is 9.47 Å². The van der Waals surface area contributed by atoms with Crippen molar-refractivity contribution in [2.45, 2.75) is 39.2 Å². The van der Waals surface area contributed by atoms with E-state index in [2.05, 4.69) is 36.3 Å². The molecule has 1 N–H and O–H groups in total. The third kappa shape index (κ3) is 4.09. The lowest BCUT2D eigenvalue weighted by molar-refractivity contribution is 0.391. The van der Waals surface area contributed by atoms with Gasteiger partial charge in [-0.3, -0.25) is 0 Å². The molecule has 2 rings (SSSR count). The van der Waals surface area contributed by atoms with Crippen LogP contribution >= 0.6 is 11.6 Å². The molecule has 0 spiro atoms. The fraction of sp³-hybridized carbons (Fsp3) is 0.444. The fourth-order valence-electron chi connectivity index (χ4n) is 2.31. The molecule has 6 heteroatoms. The first-order valence-corrected chi connectivity index (χ1v) is 8.27. The van der Waals surface area contributed by atoms with Gasteiger partial charge in [-0.05, 0) is 30.0 Å². The van der Waals surface area contributed by atoms with Crippen molar-refractivity contribution in [3.8, 4) is 11.5 Å². The van der Waals surface area contributed by atoms with Crippen LogP contribution in [0.15, 0.2) is 24.3 Å². The van der Waals surface area contributed by atoms with Gasteiger partial charge in [0.15, 0.2) is 5.15 Å². The monoisotopic (exact) mass is 349 g/mol. The summed E-state index contributed by atoms with van der Waals surface area (Å²) in [5, 5.41) is 11.9. The number of nitrogens with one attached hydrogen (secondary N) is 1. The van der Waals surface area contributed by atoms with Crippen LogP contribution in [-0.2, 0) is 12.0 Å². The van der Waals surface area contributed by atoms with Gasteiger partial charge in [-0.15, -0.1) is 10.2 Å². The molecule has 0 atom stereocenters. The Morgan fingerprint density at radius 2 is 1.88 bits per heavy atom. The fourth-order valence-corrected chi connectivity index (χ4v) is 2.66. The molecule has 1 aromatic carbocycles. The van der Waals surface area contributed by atoms with Crippen LogP contribution in [0.4, 0.5) is 5.82 Å². The summed E-state index contributed by atoms with van der Waals surface area (Å²) < 4.78 is 10.6. The molecule has 0 saturated carbocycles. The van der Waals surface area contributed by atoms with Gasteiger partial charge in [-0.1, -0.05) is 32.4 Å². The zero-order valence-corrected chi connectivity index (χ0v) is 15.6. The highest BCUT2D eigenvalue weighted by atomic mass is 35.5. The highest BCUT2D eigenvalue weighted by Crippen LogP contribution is 2.32. The van der Waals surface area contributed by atoms with E-state index in [0.717, 1.165) is 29.0 Å². The van der Waals surface area contributed by atoms with Gasteiger partial charge < -0.3 is 14.8 Å². The molecule has 130 valence electrons. The third-order valence-electron chi connectivity index (χ3n) is 4.32. The second-order valence-corrected chi connectivity index (χ2v) is 6.56. The molecule has 2 aromatic rings. The van der Waals surface area contributed by atoms with E-state index in [1.54, 1.807) is 14.2 Å². The number of halogens is 1. The quantitative estimate of drug-likeness (QED) is 0.800. The lowest BCUT2D eigenvalue weighted by atomic mass is 9.83. The zero-order valence-electron chi connectivity index (χ0n) is 14.8. The van der Waals surface area contributed by atoms with Crippen LogP contribution in [0.2, 0.25) is 5.15 Å². The number of nitrogens with zero attached hydrogens (tertiary/aromatic N) is 2. The van der Waals surface area contributed by atoms with Gasteiger partial charge in [-0.25, -0.2) is 0 Å². The van der Waals surface area contributed by atoms with Crippen molar-refractivity contribution in [2.24, 2.45) is 0 Å². The Morgan fingerprint density at radius 3 is 2.50 bits per heavy atom. The summed E-state index contributed by atoms with van der Waals surface area (Å²) in [5.74, 6) is 2.21. The molecule has 0 aliphatic rings. The summed E-state index contributed by atoms with van der Waals surface area (Å²) >= 11 is 6.22. The lowest BCUT2D eigenvalue weighted by Gasteiger charge is -2.24. The number of hydrogen-bond acceptors (Lipinski definition) is 5. The van der Waals surface area contributed by atoms with Gasteiger partial charge in [0.25, 0.3) is 0 Å². The molecule has 1 heterocycles. The second kappa shape index (κ2) is 7.71. The summed E-state index contributed by atoms with van der Waals surface area (Å²) in [7, 11) is 3.27. The molecule has 0 bridgehead atoms. The molecule has 24 heavy (non-hydrogen) atoms. The third-order valence-corrected chi connectivity index (χ3v) is 4.60. The van der Waals surface area contributed by atoms with Crippen LogP contribution in [0.3, 0.4) is 0 Å². The van der Waals surface area contributed by atoms with E-state index in [-0.39, 0.29) is 5.41 Å². The van der Waals surface area contributed by atoms with Gasteiger partial charge in [0.1, 0.15) is 17.3 Å². The minimum absolute atomic E-state index is 0.0543. The molecule has 0 fully saturated rings. The number of aromatic nitrogens is 2. The maximum atomic E-state index is 6.22. The van der Waals surface area contributed by atoms with E-state index in [4.69, 9.17) is 21.1 Å². The Morgan fingerprint density at radius 1 is 1.12 bits per heavy atom. The van der Waals surface area contributed by atoms with Crippen molar-refractivity contribution in [1.29, 1.82) is 0 Å². The first-order chi connectivity index (χ1) is 11.4. The van der Waals surface area contributed by atoms with Crippen LogP contribution in [0.1, 0.15) is 38.3 Å². The molecule has 0 amide bonds. The van der Waals surface area contributed by atoms with Crippen LogP contribution in [0.5, 0.6) is 11.5 Å². The van der Waals surface area contributed by atoms with Crippen molar-refractivity contribution in [1.82, 2.24) is 10.2 Å². The number of rotatable bonds is 7. The average molecular weight is 350 g/mol. The van der Waals surface area contributed by atoms with Gasteiger partial charge >= 0.3 is 0 Å². The zero-order chi connectivity index (χ0) is 17.7. The first kappa shape index (κ1) is 18.3. The van der Waals surface area contributed by atoms with Crippen LogP contribution < -0.4 is 14.8 Å². The van der Waals surface area contributed by atoms with Gasteiger partial charge in [0.05, 0.1) is 14.2 Å². The molecule has 1 aromatic heterocycles. The summed E-state index contributed by atoms with van der Waals surface area (Å²) in [6.45, 7) is 6.99. The standard InChI is InChI=1S/C18H24ClN3O2/c1-6-18(2,3)14-10-16(21-22-17(14)19)20-11-12-7-8-13(23-4)9-15(12)24-5/h7-10H,6,11H2,1-5H3,(H,20,21). The summed E-state index contributed by atoms with van der Waals surface area (Å²) in [6, 6.07) is 7.69. The molecular weight excluding hydrogens is 326 g/mol. The maximum Gasteiger partial charge on any atom is 0.155 e. The Bertz CT molecular complexity index is 705. The Balaban J connectivity index is 2.20. The van der Waals surface area contributed by atoms with Crippen molar-refractivity contribution >= 4 is 17.4 Å². The normalized spacial score (nSPS) is 11.2. The van der Waals surface area contributed by atoms with Gasteiger partial charge in [-0.2, -0.15) is 0 Å². The van der Waals surface area contributed by atoms with Crippen LogP contribution in [-0.4, -0.2) is 24.4 Å². The molecule has 0 unspecified atom stereocenters. The minimum atomic E-state index is -0.0543. The number of hydrogen-bond donors (Lipinski definition) is 1. The van der Waals surface area contributed by atoms with Gasteiger partial charge in [0, 0.05) is 23.7 Å². The average Bonchev–Trinajstić information content (AvgIpc) is 2.60. The topological polar surface area (TPSA) is 56.3 Å². The highest BCUT2D eigenvalue weighted by Gasteiger charge is 2.23. The van der Waals surface area contributed by atoms with E-state index in [0.29, 0.717) is 17.5 Å². The molecule has 0 aliphatic carbocycles. The lowest BCUT2D eigenvalue weighted by Crippen LogP contribution is -2.18. The predicted octanol–water partition coefficient (Wildman–Crippen LogP) is 4.45. The maximum absolute atomic E-state index is 6.22. The van der Waals surface area contributed by atoms with Crippen LogP contribution in [0.25, 0.3) is 0 Å². The molecule has 0 radical (unpaired) electrons. The molecule has 0 aliphatic heterocycles. The van der Waals surface area contributed by atoms with Crippen molar-refractivity contribution in [2.75, 3.05) is 19.5 Å². The Kier molecular flexibility index (Phi) is 5.89. The molecule has 5 nitrogen and oxygen atoms in total. The summed E-state index contributed by atoms with van der Waals surface area (Å²) in [6.07, 6.45) is 0.962. The van der Waals surface area contributed by atoms with E-state index in [9.17, 15) is 0 Å².